The summed E-state index contributed by atoms with van der Waals surface area (Å²) in [6.45, 7) is 2.01. The van der Waals surface area contributed by atoms with Crippen LogP contribution in [-0.4, -0.2) is 29.1 Å². The Bertz CT molecular complexity index is 989. The molecule has 0 aliphatic rings. The molecule has 0 radical (unpaired) electrons. The topological polar surface area (TPSA) is 74.2 Å². The molecule has 0 aliphatic heterocycles. The standard InChI is InChI=1S/C20H20F3N3O2S/c21-20(22,23)15-5-6-16-17(11-15)29-19(26-16)25-8-2-7-24-12-14-4-1-3-13(9-14)10-18(27)28/h1,3-6,9,11,24H,2,7-8,10,12H2,(H,25,26)(H,27,28). The Labute approximate surface area is 169 Å². The van der Waals surface area contributed by atoms with Crippen molar-refractivity contribution in [2.75, 3.05) is 18.4 Å². The minimum atomic E-state index is -4.36. The highest BCUT2D eigenvalue weighted by atomic mass is 32.1. The number of carboxylic acid groups (broad SMARTS) is 1. The van der Waals surface area contributed by atoms with Gasteiger partial charge in [0.25, 0.3) is 0 Å². The molecule has 0 unspecified atom stereocenters. The van der Waals surface area contributed by atoms with Crippen LogP contribution in [0.5, 0.6) is 0 Å². The predicted octanol–water partition coefficient (Wildman–Crippen LogP) is 4.53. The molecule has 0 saturated heterocycles. The van der Waals surface area contributed by atoms with E-state index in [-0.39, 0.29) is 6.42 Å². The highest BCUT2D eigenvalue weighted by Crippen LogP contribution is 2.34. The number of carbonyl (C=O) groups is 1. The number of alkyl halides is 3. The number of nitrogens with zero attached hydrogens (tertiary/aromatic N) is 1. The fraction of sp³-hybridized carbons (Fsp3) is 0.300. The molecule has 1 aromatic heterocycles. The number of thiazole rings is 1. The van der Waals surface area contributed by atoms with Gasteiger partial charge >= 0.3 is 12.1 Å². The third kappa shape index (κ3) is 6.16. The molecule has 29 heavy (non-hydrogen) atoms. The van der Waals surface area contributed by atoms with E-state index in [0.717, 1.165) is 36.2 Å². The predicted molar refractivity (Wildman–Crippen MR) is 107 cm³/mol. The van der Waals surface area contributed by atoms with E-state index in [1.807, 2.05) is 18.2 Å². The first-order valence-corrected chi connectivity index (χ1v) is 9.85. The van der Waals surface area contributed by atoms with Crippen LogP contribution in [0.1, 0.15) is 23.1 Å². The van der Waals surface area contributed by atoms with Crippen LogP contribution in [0, 0.1) is 0 Å². The van der Waals surface area contributed by atoms with Gasteiger partial charge in [-0.2, -0.15) is 13.2 Å². The van der Waals surface area contributed by atoms with Gasteiger partial charge in [-0.25, -0.2) is 4.98 Å². The molecule has 0 bridgehead atoms. The van der Waals surface area contributed by atoms with E-state index in [1.54, 1.807) is 6.07 Å². The number of benzene rings is 2. The van der Waals surface area contributed by atoms with Crippen LogP contribution in [0.4, 0.5) is 18.3 Å². The lowest BCUT2D eigenvalue weighted by Gasteiger charge is -2.07. The molecule has 1 heterocycles. The van der Waals surface area contributed by atoms with Gasteiger partial charge < -0.3 is 15.7 Å². The van der Waals surface area contributed by atoms with Crippen molar-refractivity contribution < 1.29 is 23.1 Å². The largest absolute Gasteiger partial charge is 0.481 e. The van der Waals surface area contributed by atoms with Gasteiger partial charge in [0.15, 0.2) is 5.13 Å². The Morgan fingerprint density at radius 3 is 2.66 bits per heavy atom. The van der Waals surface area contributed by atoms with Crippen molar-refractivity contribution in [3.8, 4) is 0 Å². The van der Waals surface area contributed by atoms with Crippen molar-refractivity contribution >= 4 is 32.7 Å². The van der Waals surface area contributed by atoms with Gasteiger partial charge in [0, 0.05) is 13.1 Å². The Kier molecular flexibility index (Phi) is 6.71. The quantitative estimate of drug-likeness (QED) is 0.441. The van der Waals surface area contributed by atoms with Crippen LogP contribution >= 0.6 is 11.3 Å². The van der Waals surface area contributed by atoms with Gasteiger partial charge in [-0.15, -0.1) is 0 Å². The van der Waals surface area contributed by atoms with E-state index < -0.39 is 17.7 Å². The smallest absolute Gasteiger partial charge is 0.416 e. The van der Waals surface area contributed by atoms with Crippen LogP contribution in [0.25, 0.3) is 10.2 Å². The molecule has 0 amide bonds. The number of fused-ring (bicyclic) bond motifs is 1. The summed E-state index contributed by atoms with van der Waals surface area (Å²) in [5.74, 6) is -0.856. The maximum atomic E-state index is 12.8. The molecular formula is C20H20F3N3O2S. The fourth-order valence-electron chi connectivity index (χ4n) is 2.84. The summed E-state index contributed by atoms with van der Waals surface area (Å²) in [7, 11) is 0. The summed E-state index contributed by atoms with van der Waals surface area (Å²) in [5.41, 5.74) is 1.66. The lowest BCUT2D eigenvalue weighted by molar-refractivity contribution is -0.138. The molecule has 5 nitrogen and oxygen atoms in total. The number of carboxylic acids is 1. The molecule has 0 saturated carbocycles. The maximum Gasteiger partial charge on any atom is 0.416 e. The van der Waals surface area contributed by atoms with Crippen molar-refractivity contribution in [1.29, 1.82) is 0 Å². The number of rotatable bonds is 9. The van der Waals surface area contributed by atoms with Crippen LogP contribution < -0.4 is 10.6 Å². The van der Waals surface area contributed by atoms with Crippen molar-refractivity contribution in [2.45, 2.75) is 25.6 Å². The second-order valence-corrected chi connectivity index (χ2v) is 7.58. The molecule has 2 aromatic carbocycles. The molecule has 0 fully saturated rings. The molecule has 3 aromatic rings. The van der Waals surface area contributed by atoms with Gasteiger partial charge in [-0.3, -0.25) is 4.79 Å². The van der Waals surface area contributed by atoms with Gasteiger partial charge in [-0.05, 0) is 42.3 Å². The molecule has 154 valence electrons. The highest BCUT2D eigenvalue weighted by molar-refractivity contribution is 7.22. The summed E-state index contributed by atoms with van der Waals surface area (Å²) in [6, 6.07) is 11.0. The number of hydrogen-bond acceptors (Lipinski definition) is 5. The second-order valence-electron chi connectivity index (χ2n) is 6.55. The van der Waals surface area contributed by atoms with Crippen molar-refractivity contribution in [3.63, 3.8) is 0 Å². The summed E-state index contributed by atoms with van der Waals surface area (Å²) in [6.07, 6.45) is -3.55. The lowest BCUT2D eigenvalue weighted by Crippen LogP contribution is -2.17. The third-order valence-corrected chi connectivity index (χ3v) is 5.17. The number of hydrogen-bond donors (Lipinski definition) is 3. The highest BCUT2D eigenvalue weighted by Gasteiger charge is 2.30. The molecule has 0 aliphatic carbocycles. The summed E-state index contributed by atoms with van der Waals surface area (Å²) in [5, 5.41) is 15.9. The summed E-state index contributed by atoms with van der Waals surface area (Å²) < 4.78 is 38.8. The minimum absolute atomic E-state index is 0.00436. The first-order chi connectivity index (χ1) is 13.8. The average molecular weight is 423 g/mol. The van der Waals surface area contributed by atoms with Gasteiger partial charge in [0.05, 0.1) is 22.2 Å². The van der Waals surface area contributed by atoms with Crippen molar-refractivity contribution in [2.24, 2.45) is 0 Å². The zero-order chi connectivity index (χ0) is 20.9. The molecule has 3 rings (SSSR count). The van der Waals surface area contributed by atoms with E-state index in [9.17, 15) is 18.0 Å². The third-order valence-electron chi connectivity index (χ3n) is 4.20. The number of nitrogens with one attached hydrogen (secondary N) is 2. The monoisotopic (exact) mass is 423 g/mol. The fourth-order valence-corrected chi connectivity index (χ4v) is 3.77. The average Bonchev–Trinajstić information content (AvgIpc) is 3.05. The zero-order valence-electron chi connectivity index (χ0n) is 15.4. The zero-order valence-corrected chi connectivity index (χ0v) is 16.2. The molecular weight excluding hydrogens is 403 g/mol. The Hall–Kier alpha value is -2.65. The minimum Gasteiger partial charge on any atom is -0.481 e. The van der Waals surface area contributed by atoms with E-state index >= 15 is 0 Å². The summed E-state index contributed by atoms with van der Waals surface area (Å²) in [4.78, 5) is 15.1. The number of aromatic nitrogens is 1. The Balaban J connectivity index is 1.42. The molecule has 9 heteroatoms. The molecule has 0 spiro atoms. The molecule has 3 N–H and O–H groups in total. The SMILES string of the molecule is O=C(O)Cc1cccc(CNCCCNc2nc3ccc(C(F)(F)F)cc3s2)c1. The van der Waals surface area contributed by atoms with Crippen LogP contribution in [0.15, 0.2) is 42.5 Å². The van der Waals surface area contributed by atoms with E-state index in [1.165, 1.54) is 17.4 Å². The number of aliphatic carboxylic acids is 1. The van der Waals surface area contributed by atoms with Gasteiger partial charge in [0.2, 0.25) is 0 Å². The molecule has 0 atom stereocenters. The second kappa shape index (κ2) is 9.23. The van der Waals surface area contributed by atoms with Crippen molar-refractivity contribution in [3.05, 3.63) is 59.2 Å². The van der Waals surface area contributed by atoms with Gasteiger partial charge in [0.1, 0.15) is 0 Å². The van der Waals surface area contributed by atoms with Crippen LogP contribution in [-0.2, 0) is 23.9 Å². The van der Waals surface area contributed by atoms with Gasteiger partial charge in [-0.1, -0.05) is 35.6 Å². The Morgan fingerprint density at radius 2 is 1.90 bits per heavy atom. The van der Waals surface area contributed by atoms with Crippen LogP contribution in [0.2, 0.25) is 0 Å². The first kappa shape index (κ1) is 21.1. The lowest BCUT2D eigenvalue weighted by atomic mass is 10.1. The Morgan fingerprint density at radius 1 is 1.10 bits per heavy atom. The van der Waals surface area contributed by atoms with E-state index in [4.69, 9.17) is 5.11 Å². The number of halogens is 3. The summed E-state index contributed by atoms with van der Waals surface area (Å²) >= 11 is 1.20. The van der Waals surface area contributed by atoms with E-state index in [2.05, 4.69) is 15.6 Å². The van der Waals surface area contributed by atoms with Crippen molar-refractivity contribution in [1.82, 2.24) is 10.3 Å². The first-order valence-electron chi connectivity index (χ1n) is 9.03. The maximum absolute atomic E-state index is 12.8. The normalized spacial score (nSPS) is 11.7. The number of anilines is 1. The van der Waals surface area contributed by atoms with E-state index in [0.29, 0.717) is 28.4 Å². The van der Waals surface area contributed by atoms with Crippen LogP contribution in [0.3, 0.4) is 0 Å².